The highest BCUT2D eigenvalue weighted by Gasteiger charge is 2.17. The zero-order chi connectivity index (χ0) is 28.6. The summed E-state index contributed by atoms with van der Waals surface area (Å²) in [5.41, 5.74) is 2.50. The van der Waals surface area contributed by atoms with E-state index in [2.05, 4.69) is 23.3 Å². The lowest BCUT2D eigenvalue weighted by Crippen LogP contribution is -2.20. The van der Waals surface area contributed by atoms with Crippen LogP contribution < -0.4 is 10.3 Å². The molecule has 2 heterocycles. The highest BCUT2D eigenvalue weighted by molar-refractivity contribution is 6.37. The van der Waals surface area contributed by atoms with E-state index in [1.54, 1.807) is 30.3 Å². The van der Waals surface area contributed by atoms with Crippen LogP contribution >= 0.6 is 23.2 Å². The monoisotopic (exact) mass is 589 g/mol. The van der Waals surface area contributed by atoms with Crippen LogP contribution in [0.15, 0.2) is 124 Å². The molecule has 42 heavy (non-hydrogen) atoms. The maximum atomic E-state index is 13.6. The summed E-state index contributed by atoms with van der Waals surface area (Å²) >= 11 is 13.2. The van der Waals surface area contributed by atoms with Crippen molar-refractivity contribution >= 4 is 62.1 Å². The molecule has 0 spiro atoms. The molecule has 0 N–H and O–H groups in total. The largest absolute Gasteiger partial charge is 0.486 e. The molecule has 7 rings (SSSR count). The first-order valence-corrected chi connectivity index (χ1v) is 13.9. The summed E-state index contributed by atoms with van der Waals surface area (Å²) in [6.07, 6.45) is 1.51. The minimum absolute atomic E-state index is 0.276. The summed E-state index contributed by atoms with van der Waals surface area (Å²) in [6.45, 7) is 0.299. The molecule has 204 valence electrons. The minimum atomic E-state index is -0.334. The SMILES string of the molecule is O=c1c2ccccc2nc(-c2cc3ccccc3o2)n1N=Cc1cc(Cl)c(OCc2cccc3ccccc23)c(Cl)c1. The van der Waals surface area contributed by atoms with Crippen molar-refractivity contribution in [2.75, 3.05) is 0 Å². The first-order valence-electron chi connectivity index (χ1n) is 13.2. The van der Waals surface area contributed by atoms with Crippen molar-refractivity contribution in [3.63, 3.8) is 0 Å². The molecular weight excluding hydrogens is 569 g/mol. The number of furan rings is 1. The van der Waals surface area contributed by atoms with Crippen molar-refractivity contribution in [3.05, 3.63) is 141 Å². The van der Waals surface area contributed by atoms with Crippen molar-refractivity contribution in [2.24, 2.45) is 5.10 Å². The molecule has 6 nitrogen and oxygen atoms in total. The molecule has 7 aromatic rings. The molecule has 0 saturated carbocycles. The molecule has 8 heteroatoms. The predicted octanol–water partition coefficient (Wildman–Crippen LogP) is 8.73. The first-order chi connectivity index (χ1) is 20.5. The highest BCUT2D eigenvalue weighted by Crippen LogP contribution is 2.35. The second kappa shape index (κ2) is 10.8. The van der Waals surface area contributed by atoms with E-state index >= 15 is 0 Å². The Bertz CT molecular complexity index is 2160. The number of rotatable bonds is 6. The van der Waals surface area contributed by atoms with Crippen LogP contribution in [0.25, 0.3) is 44.2 Å². The van der Waals surface area contributed by atoms with E-state index in [1.807, 2.05) is 60.7 Å². The first kappa shape index (κ1) is 26.0. The van der Waals surface area contributed by atoms with Gasteiger partial charge in [0, 0.05) is 5.39 Å². The number of nitrogens with zero attached hydrogens (tertiary/aromatic N) is 3. The fourth-order valence-electron chi connectivity index (χ4n) is 4.97. The Labute approximate surface area is 250 Å². The minimum Gasteiger partial charge on any atom is -0.486 e. The Balaban J connectivity index is 1.24. The second-order valence-electron chi connectivity index (χ2n) is 9.70. The zero-order valence-electron chi connectivity index (χ0n) is 22.0. The van der Waals surface area contributed by atoms with Gasteiger partial charge in [-0.2, -0.15) is 9.78 Å². The van der Waals surface area contributed by atoms with Gasteiger partial charge in [-0.1, -0.05) is 96.0 Å². The highest BCUT2D eigenvalue weighted by atomic mass is 35.5. The summed E-state index contributed by atoms with van der Waals surface area (Å²) in [7, 11) is 0. The van der Waals surface area contributed by atoms with E-state index in [0.29, 0.717) is 50.2 Å². The fourth-order valence-corrected chi connectivity index (χ4v) is 5.58. The summed E-state index contributed by atoms with van der Waals surface area (Å²) in [4.78, 5) is 18.3. The quantitative estimate of drug-likeness (QED) is 0.182. The average molecular weight is 590 g/mol. The van der Waals surface area contributed by atoms with Gasteiger partial charge in [-0.3, -0.25) is 4.79 Å². The number of aromatic nitrogens is 2. The van der Waals surface area contributed by atoms with Gasteiger partial charge in [-0.25, -0.2) is 4.98 Å². The van der Waals surface area contributed by atoms with E-state index in [1.165, 1.54) is 10.9 Å². The third-order valence-corrected chi connectivity index (χ3v) is 7.56. The van der Waals surface area contributed by atoms with Crippen molar-refractivity contribution in [1.82, 2.24) is 9.66 Å². The molecule has 5 aromatic carbocycles. The Morgan fingerprint density at radius 3 is 2.31 bits per heavy atom. The van der Waals surface area contributed by atoms with Crippen molar-refractivity contribution < 1.29 is 9.15 Å². The number of benzene rings is 5. The maximum absolute atomic E-state index is 13.6. The van der Waals surface area contributed by atoms with Crippen LogP contribution in [0.4, 0.5) is 0 Å². The molecule has 0 saturated heterocycles. The van der Waals surface area contributed by atoms with Gasteiger partial charge in [-0.15, -0.1) is 0 Å². The van der Waals surface area contributed by atoms with E-state index in [0.717, 1.165) is 21.7 Å². The molecule has 0 radical (unpaired) electrons. The molecule has 0 atom stereocenters. The van der Waals surface area contributed by atoms with E-state index in [9.17, 15) is 4.79 Å². The molecule has 0 bridgehead atoms. The standard InChI is InChI=1S/C34H21Cl2N3O3/c35-27-16-21(17-28(36)32(27)41-20-24-11-7-10-22-8-1-3-12-25(22)24)19-37-39-33(31-18-23-9-2-6-15-30(23)42-31)38-29-14-5-4-13-26(29)34(39)40/h1-19H,20H2. The normalized spacial score (nSPS) is 11.7. The Morgan fingerprint density at radius 2 is 1.50 bits per heavy atom. The molecule has 2 aromatic heterocycles. The van der Waals surface area contributed by atoms with E-state index < -0.39 is 0 Å². The predicted molar refractivity (Wildman–Crippen MR) is 169 cm³/mol. The Hall–Kier alpha value is -4.91. The van der Waals surface area contributed by atoms with Crippen LogP contribution in [0.5, 0.6) is 5.75 Å². The van der Waals surface area contributed by atoms with Crippen LogP contribution in [0, 0.1) is 0 Å². The molecule has 0 aliphatic rings. The Morgan fingerprint density at radius 1 is 0.810 bits per heavy atom. The summed E-state index contributed by atoms with van der Waals surface area (Å²) in [5, 5.41) is 8.72. The Kier molecular flexibility index (Phi) is 6.70. The summed E-state index contributed by atoms with van der Waals surface area (Å²) in [6, 6.07) is 34.1. The van der Waals surface area contributed by atoms with Crippen LogP contribution in [-0.2, 0) is 6.61 Å². The van der Waals surface area contributed by atoms with Crippen molar-refractivity contribution in [1.29, 1.82) is 0 Å². The molecular formula is C34H21Cl2N3O3. The van der Waals surface area contributed by atoms with Crippen molar-refractivity contribution in [3.8, 4) is 17.3 Å². The van der Waals surface area contributed by atoms with Gasteiger partial charge in [0.15, 0.2) is 11.5 Å². The number of ether oxygens (including phenoxy) is 1. The molecule has 0 amide bonds. The smallest absolute Gasteiger partial charge is 0.282 e. The van der Waals surface area contributed by atoms with E-state index in [4.69, 9.17) is 37.3 Å². The van der Waals surface area contributed by atoms with Gasteiger partial charge in [0.05, 0.1) is 27.2 Å². The lowest BCUT2D eigenvalue weighted by molar-refractivity contribution is 0.308. The van der Waals surface area contributed by atoms with Gasteiger partial charge in [0.25, 0.3) is 5.56 Å². The van der Waals surface area contributed by atoms with Crippen molar-refractivity contribution in [2.45, 2.75) is 6.61 Å². The van der Waals surface area contributed by atoms with Crippen LogP contribution in [0.2, 0.25) is 10.0 Å². The molecule has 0 aliphatic carbocycles. The van der Waals surface area contributed by atoms with Gasteiger partial charge in [0.2, 0.25) is 5.82 Å². The lowest BCUT2D eigenvalue weighted by Gasteiger charge is -2.12. The number of fused-ring (bicyclic) bond motifs is 3. The van der Waals surface area contributed by atoms with Gasteiger partial charge in [-0.05, 0) is 58.3 Å². The number of hydrogen-bond acceptors (Lipinski definition) is 5. The molecule has 0 unspecified atom stereocenters. The molecule has 0 fully saturated rings. The maximum Gasteiger partial charge on any atom is 0.282 e. The van der Waals surface area contributed by atoms with Crippen LogP contribution in [0.1, 0.15) is 11.1 Å². The van der Waals surface area contributed by atoms with Crippen LogP contribution in [-0.4, -0.2) is 15.9 Å². The summed E-state index contributed by atoms with van der Waals surface area (Å²) < 4.78 is 13.3. The fraction of sp³-hybridized carbons (Fsp3) is 0.0294. The third kappa shape index (κ3) is 4.81. The topological polar surface area (TPSA) is 69.6 Å². The van der Waals surface area contributed by atoms with Gasteiger partial charge < -0.3 is 9.15 Å². The lowest BCUT2D eigenvalue weighted by atomic mass is 10.1. The third-order valence-electron chi connectivity index (χ3n) is 6.99. The summed E-state index contributed by atoms with van der Waals surface area (Å²) in [5.74, 6) is 1.07. The van der Waals surface area contributed by atoms with Gasteiger partial charge >= 0.3 is 0 Å². The van der Waals surface area contributed by atoms with E-state index in [-0.39, 0.29) is 11.4 Å². The average Bonchev–Trinajstić information content (AvgIpc) is 3.44. The molecule has 0 aliphatic heterocycles. The second-order valence-corrected chi connectivity index (χ2v) is 10.5. The number of halogens is 2. The van der Waals surface area contributed by atoms with Gasteiger partial charge in [0.1, 0.15) is 12.2 Å². The number of hydrogen-bond donors (Lipinski definition) is 0. The van der Waals surface area contributed by atoms with Crippen LogP contribution in [0.3, 0.4) is 0 Å². The zero-order valence-corrected chi connectivity index (χ0v) is 23.5. The number of para-hydroxylation sites is 2.